The highest BCUT2D eigenvalue weighted by Gasteiger charge is 2.21. The molecule has 2 nitrogen and oxygen atoms in total. The molecule has 0 unspecified atom stereocenters. The highest BCUT2D eigenvalue weighted by molar-refractivity contribution is 5.96. The predicted molar refractivity (Wildman–Crippen MR) is 81.5 cm³/mol. The summed E-state index contributed by atoms with van der Waals surface area (Å²) in [5.41, 5.74) is 1.90. The third kappa shape index (κ3) is 4.38. The molecule has 2 heteroatoms. The molecule has 106 valence electrons. The predicted octanol–water partition coefficient (Wildman–Crippen LogP) is 4.15. The highest BCUT2D eigenvalue weighted by Crippen LogP contribution is 2.25. The second-order valence-electron chi connectivity index (χ2n) is 6.19. The molecular formula is C17H27NO. The molecular weight excluding hydrogens is 234 g/mol. The van der Waals surface area contributed by atoms with Gasteiger partial charge in [0.05, 0.1) is 0 Å². The Kier molecular flexibility index (Phi) is 5.59. The monoisotopic (exact) mass is 261 g/mol. The third-order valence-electron chi connectivity index (χ3n) is 3.69. The molecule has 0 heterocycles. The number of rotatable bonds is 5. The summed E-state index contributed by atoms with van der Waals surface area (Å²) in [4.78, 5) is 12.3. The van der Waals surface area contributed by atoms with Crippen molar-refractivity contribution in [1.82, 2.24) is 5.32 Å². The first-order valence-corrected chi connectivity index (χ1v) is 7.27. The summed E-state index contributed by atoms with van der Waals surface area (Å²) >= 11 is 0. The molecule has 1 amide bonds. The first kappa shape index (κ1) is 15.7. The molecule has 0 fully saturated rings. The lowest BCUT2D eigenvalue weighted by atomic mass is 9.83. The van der Waals surface area contributed by atoms with Crippen LogP contribution in [-0.4, -0.2) is 12.5 Å². The number of carbonyl (C=O) groups is 1. The Morgan fingerprint density at radius 1 is 1.16 bits per heavy atom. The molecule has 1 rings (SSSR count). The van der Waals surface area contributed by atoms with E-state index in [2.05, 4.69) is 39.9 Å². The lowest BCUT2D eigenvalue weighted by Crippen LogP contribution is -2.31. The van der Waals surface area contributed by atoms with Gasteiger partial charge in [0.15, 0.2) is 0 Å². The van der Waals surface area contributed by atoms with E-state index in [-0.39, 0.29) is 11.3 Å². The topological polar surface area (TPSA) is 29.1 Å². The minimum atomic E-state index is -0.0111. The number of hydrogen-bond donors (Lipinski definition) is 1. The Morgan fingerprint density at radius 3 is 2.26 bits per heavy atom. The lowest BCUT2D eigenvalue weighted by Gasteiger charge is -2.23. The molecule has 0 aliphatic rings. The van der Waals surface area contributed by atoms with E-state index in [9.17, 15) is 4.79 Å². The summed E-state index contributed by atoms with van der Waals surface area (Å²) in [6, 6.07) is 7.90. The van der Waals surface area contributed by atoms with Crippen LogP contribution in [0.2, 0.25) is 0 Å². The van der Waals surface area contributed by atoms with Crippen molar-refractivity contribution in [2.24, 2.45) is 5.92 Å². The van der Waals surface area contributed by atoms with Crippen LogP contribution in [0.3, 0.4) is 0 Å². The summed E-state index contributed by atoms with van der Waals surface area (Å²) < 4.78 is 0. The Labute approximate surface area is 117 Å². The van der Waals surface area contributed by atoms with E-state index in [0.29, 0.717) is 5.92 Å². The molecule has 1 aromatic carbocycles. The normalized spacial score (nSPS) is 11.7. The van der Waals surface area contributed by atoms with Gasteiger partial charge in [-0.3, -0.25) is 4.79 Å². The second kappa shape index (κ2) is 6.74. The lowest BCUT2D eigenvalue weighted by molar-refractivity contribution is 0.0944. The molecule has 0 spiro atoms. The van der Waals surface area contributed by atoms with Crippen LogP contribution in [0.5, 0.6) is 0 Å². The summed E-state index contributed by atoms with van der Waals surface area (Å²) in [6.07, 6.45) is 2.22. The van der Waals surface area contributed by atoms with Gasteiger partial charge in [-0.25, -0.2) is 0 Å². The van der Waals surface area contributed by atoms with E-state index in [1.54, 1.807) is 0 Å². The zero-order valence-electron chi connectivity index (χ0n) is 12.9. The van der Waals surface area contributed by atoms with Crippen LogP contribution < -0.4 is 5.32 Å². The first-order chi connectivity index (χ1) is 8.90. The van der Waals surface area contributed by atoms with Gasteiger partial charge in [0.25, 0.3) is 5.91 Å². The number of hydrogen-bond acceptors (Lipinski definition) is 1. The summed E-state index contributed by atoms with van der Waals surface area (Å²) in [5.74, 6) is 0.628. The third-order valence-corrected chi connectivity index (χ3v) is 3.69. The molecule has 19 heavy (non-hydrogen) atoms. The number of amides is 1. The van der Waals surface area contributed by atoms with Crippen LogP contribution >= 0.6 is 0 Å². The van der Waals surface area contributed by atoms with Crippen molar-refractivity contribution in [3.63, 3.8) is 0 Å². The van der Waals surface area contributed by atoms with E-state index < -0.39 is 0 Å². The molecule has 1 aromatic rings. The van der Waals surface area contributed by atoms with Crippen LogP contribution in [0.25, 0.3) is 0 Å². The number of benzene rings is 1. The molecule has 0 radical (unpaired) electrons. The van der Waals surface area contributed by atoms with Gasteiger partial charge in [0.1, 0.15) is 0 Å². The molecule has 0 bridgehead atoms. The Bertz CT molecular complexity index is 414. The maximum Gasteiger partial charge on any atom is 0.251 e. The van der Waals surface area contributed by atoms with Crippen molar-refractivity contribution < 1.29 is 4.79 Å². The van der Waals surface area contributed by atoms with Crippen LogP contribution in [0.15, 0.2) is 24.3 Å². The van der Waals surface area contributed by atoms with E-state index in [0.717, 1.165) is 30.5 Å². The Balaban J connectivity index is 2.83. The van der Waals surface area contributed by atoms with Crippen LogP contribution in [0.4, 0.5) is 0 Å². The second-order valence-corrected chi connectivity index (χ2v) is 6.19. The Hall–Kier alpha value is -1.31. The van der Waals surface area contributed by atoms with E-state index >= 15 is 0 Å². The van der Waals surface area contributed by atoms with Crippen molar-refractivity contribution in [3.05, 3.63) is 35.4 Å². The van der Waals surface area contributed by atoms with Crippen LogP contribution in [0.1, 0.15) is 63.4 Å². The average Bonchev–Trinajstić information content (AvgIpc) is 2.38. The maximum absolute atomic E-state index is 12.3. The van der Waals surface area contributed by atoms with Gasteiger partial charge in [0.2, 0.25) is 0 Å². The van der Waals surface area contributed by atoms with Gasteiger partial charge < -0.3 is 5.32 Å². The zero-order valence-corrected chi connectivity index (χ0v) is 12.9. The van der Waals surface area contributed by atoms with Crippen molar-refractivity contribution in [2.45, 2.75) is 52.9 Å². The molecule has 0 saturated heterocycles. The molecule has 0 aliphatic carbocycles. The summed E-state index contributed by atoms with van der Waals surface area (Å²) in [7, 11) is 0. The molecule has 0 saturated carbocycles. The van der Waals surface area contributed by atoms with Crippen LogP contribution in [-0.2, 0) is 5.41 Å². The molecule has 0 atom stereocenters. The highest BCUT2D eigenvalue weighted by atomic mass is 16.1. The standard InChI is InChI=1S/C17H27NO/c1-6-13(7-2)12-18-16(19)14-10-8-9-11-15(14)17(3,4)5/h8-11,13H,6-7,12H2,1-5H3,(H,18,19). The fraction of sp³-hybridized carbons (Fsp3) is 0.588. The van der Waals surface area contributed by atoms with Gasteiger partial charge >= 0.3 is 0 Å². The quantitative estimate of drug-likeness (QED) is 0.847. The van der Waals surface area contributed by atoms with Crippen molar-refractivity contribution in [1.29, 1.82) is 0 Å². The smallest absolute Gasteiger partial charge is 0.251 e. The SMILES string of the molecule is CCC(CC)CNC(=O)c1ccccc1C(C)(C)C. The first-order valence-electron chi connectivity index (χ1n) is 7.27. The van der Waals surface area contributed by atoms with Gasteiger partial charge in [-0.15, -0.1) is 0 Å². The van der Waals surface area contributed by atoms with Gasteiger partial charge in [-0.05, 0) is 23.0 Å². The molecule has 1 N–H and O–H groups in total. The molecule has 0 aliphatic heterocycles. The minimum absolute atomic E-state index is 0.0111. The van der Waals surface area contributed by atoms with Crippen LogP contribution in [0, 0.1) is 5.92 Å². The van der Waals surface area contributed by atoms with E-state index in [1.165, 1.54) is 0 Å². The fourth-order valence-corrected chi connectivity index (χ4v) is 2.24. The van der Waals surface area contributed by atoms with Crippen molar-refractivity contribution in [3.8, 4) is 0 Å². The number of carbonyl (C=O) groups excluding carboxylic acids is 1. The van der Waals surface area contributed by atoms with Crippen molar-refractivity contribution >= 4 is 5.91 Å². The van der Waals surface area contributed by atoms with Gasteiger partial charge in [0, 0.05) is 12.1 Å². The summed E-state index contributed by atoms with van der Waals surface area (Å²) in [5, 5.41) is 3.07. The maximum atomic E-state index is 12.3. The zero-order chi connectivity index (χ0) is 14.5. The number of nitrogens with one attached hydrogen (secondary N) is 1. The average molecular weight is 261 g/mol. The van der Waals surface area contributed by atoms with E-state index in [1.807, 2.05) is 24.3 Å². The van der Waals surface area contributed by atoms with Gasteiger partial charge in [-0.1, -0.05) is 65.7 Å². The van der Waals surface area contributed by atoms with E-state index in [4.69, 9.17) is 0 Å². The van der Waals surface area contributed by atoms with Crippen molar-refractivity contribution in [2.75, 3.05) is 6.54 Å². The van der Waals surface area contributed by atoms with Gasteiger partial charge in [-0.2, -0.15) is 0 Å². The summed E-state index contributed by atoms with van der Waals surface area (Å²) in [6.45, 7) is 11.5. The largest absolute Gasteiger partial charge is 0.352 e. The molecule has 0 aromatic heterocycles. The minimum Gasteiger partial charge on any atom is -0.352 e. The Morgan fingerprint density at radius 2 is 1.74 bits per heavy atom. The fourth-order valence-electron chi connectivity index (χ4n) is 2.24.